The van der Waals surface area contributed by atoms with Gasteiger partial charge in [-0.1, -0.05) is 24.3 Å². The first-order chi connectivity index (χ1) is 18.1. The lowest BCUT2D eigenvalue weighted by molar-refractivity contribution is -0.137. The highest BCUT2D eigenvalue weighted by Crippen LogP contribution is 2.39. The van der Waals surface area contributed by atoms with Crippen LogP contribution in [0, 0.1) is 0 Å². The van der Waals surface area contributed by atoms with Crippen molar-refractivity contribution >= 4 is 23.6 Å². The fraction of sp³-hybridized carbons (Fsp3) is 0.250. The molecule has 7 nitrogen and oxygen atoms in total. The minimum Gasteiger partial charge on any atom is -0.504 e. The predicted molar refractivity (Wildman–Crippen MR) is 139 cm³/mol. The molecule has 0 radical (unpaired) electrons. The van der Waals surface area contributed by atoms with Crippen molar-refractivity contribution in [3.05, 3.63) is 70.8 Å². The zero-order valence-electron chi connectivity index (χ0n) is 21.3. The summed E-state index contributed by atoms with van der Waals surface area (Å²) in [6, 6.07) is 10.7. The minimum absolute atomic E-state index is 0.0323. The van der Waals surface area contributed by atoms with Crippen LogP contribution in [0.2, 0.25) is 0 Å². The van der Waals surface area contributed by atoms with Crippen molar-refractivity contribution < 1.29 is 42.0 Å². The fourth-order valence-electron chi connectivity index (χ4n) is 3.72. The number of hydrogen-bond donors (Lipinski definition) is 2. The number of methoxy groups -OCH3 is 4. The Morgan fingerprint density at radius 3 is 2.00 bits per heavy atom. The number of aromatic hydroxyl groups is 1. The van der Waals surface area contributed by atoms with Gasteiger partial charge >= 0.3 is 6.18 Å². The molecule has 0 heterocycles. The van der Waals surface area contributed by atoms with Crippen LogP contribution in [0.1, 0.15) is 33.5 Å². The number of benzene rings is 3. The van der Waals surface area contributed by atoms with E-state index in [1.54, 1.807) is 30.4 Å². The van der Waals surface area contributed by atoms with Crippen LogP contribution in [-0.2, 0) is 6.18 Å². The number of ketones is 1. The quantitative estimate of drug-likeness (QED) is 0.171. The number of carbonyl (C=O) groups is 1. The van der Waals surface area contributed by atoms with Gasteiger partial charge in [-0.15, -0.1) is 0 Å². The molecule has 0 atom stereocenters. The summed E-state index contributed by atoms with van der Waals surface area (Å²) >= 11 is 0. The summed E-state index contributed by atoms with van der Waals surface area (Å²) in [5.41, 5.74) is 1.28. The summed E-state index contributed by atoms with van der Waals surface area (Å²) in [5.74, 6) is 1.24. The first kappa shape index (κ1) is 28.2. The van der Waals surface area contributed by atoms with Crippen LogP contribution >= 0.6 is 0 Å². The molecule has 10 heteroatoms. The average molecular weight is 532 g/mol. The molecule has 0 amide bonds. The molecule has 3 rings (SSSR count). The third-order valence-electron chi connectivity index (χ3n) is 5.70. The van der Waals surface area contributed by atoms with E-state index in [0.29, 0.717) is 28.5 Å². The Morgan fingerprint density at radius 1 is 0.868 bits per heavy atom. The summed E-state index contributed by atoms with van der Waals surface area (Å²) in [5, 5.41) is 13.4. The van der Waals surface area contributed by atoms with E-state index >= 15 is 0 Å². The van der Waals surface area contributed by atoms with Gasteiger partial charge in [-0.3, -0.25) is 4.79 Å². The summed E-state index contributed by atoms with van der Waals surface area (Å²) in [7, 11) is 5.95. The molecule has 0 bridgehead atoms. The van der Waals surface area contributed by atoms with Crippen LogP contribution in [0.15, 0.2) is 48.5 Å². The van der Waals surface area contributed by atoms with Gasteiger partial charge in [0.1, 0.15) is 0 Å². The Balaban J connectivity index is 1.80. The van der Waals surface area contributed by atoms with E-state index in [1.165, 1.54) is 46.6 Å². The number of phenolic OH excluding ortho intramolecular Hbond substituents is 1. The zero-order valence-corrected chi connectivity index (χ0v) is 21.3. The molecule has 0 fully saturated rings. The first-order valence-electron chi connectivity index (χ1n) is 11.4. The maximum Gasteiger partial charge on any atom is 0.416 e. The smallest absolute Gasteiger partial charge is 0.416 e. The van der Waals surface area contributed by atoms with Crippen molar-refractivity contribution in [2.45, 2.75) is 12.6 Å². The highest BCUT2D eigenvalue weighted by atomic mass is 19.4. The van der Waals surface area contributed by atoms with E-state index in [2.05, 4.69) is 5.32 Å². The van der Waals surface area contributed by atoms with Crippen LogP contribution in [0.3, 0.4) is 0 Å². The third kappa shape index (κ3) is 6.70. The molecule has 3 aromatic rings. The summed E-state index contributed by atoms with van der Waals surface area (Å²) in [4.78, 5) is 12.5. The second-order valence-corrected chi connectivity index (χ2v) is 8.08. The van der Waals surface area contributed by atoms with Gasteiger partial charge in [0.2, 0.25) is 5.75 Å². The molecule has 0 saturated carbocycles. The number of nitrogens with one attached hydrogen (secondary N) is 1. The molecule has 0 unspecified atom stereocenters. The number of Topliss-reactive ketones (excluding diaryl/α,β-unsaturated/α-hetero) is 1. The van der Waals surface area contributed by atoms with E-state index in [1.807, 2.05) is 0 Å². The lowest BCUT2D eigenvalue weighted by Gasteiger charge is -2.14. The molecule has 0 aliphatic heterocycles. The van der Waals surface area contributed by atoms with Gasteiger partial charge in [-0.2, -0.15) is 13.2 Å². The van der Waals surface area contributed by atoms with Crippen molar-refractivity contribution in [3.63, 3.8) is 0 Å². The molecule has 0 saturated heterocycles. The monoisotopic (exact) mass is 531 g/mol. The maximum atomic E-state index is 12.8. The van der Waals surface area contributed by atoms with E-state index in [-0.39, 0.29) is 35.8 Å². The number of hydrogen-bond acceptors (Lipinski definition) is 7. The summed E-state index contributed by atoms with van der Waals surface area (Å²) < 4.78 is 59.6. The number of halogens is 3. The van der Waals surface area contributed by atoms with Gasteiger partial charge in [0.25, 0.3) is 0 Å². The molecular weight excluding hydrogens is 503 g/mol. The zero-order chi connectivity index (χ0) is 27.9. The van der Waals surface area contributed by atoms with Crippen LogP contribution in [0.4, 0.5) is 18.9 Å². The lowest BCUT2D eigenvalue weighted by Crippen LogP contribution is -2.10. The van der Waals surface area contributed by atoms with Crippen molar-refractivity contribution in [3.8, 4) is 28.7 Å². The number of phenols is 1. The van der Waals surface area contributed by atoms with E-state index in [4.69, 9.17) is 18.9 Å². The first-order valence-corrected chi connectivity index (χ1v) is 11.4. The Labute approximate surface area is 218 Å². The molecule has 3 aromatic carbocycles. The summed E-state index contributed by atoms with van der Waals surface area (Å²) in [6.45, 7) is 0.193. The Bertz CT molecular complexity index is 1280. The molecular formula is C28H28F3NO6. The highest BCUT2D eigenvalue weighted by Gasteiger charge is 2.30. The Kier molecular flexibility index (Phi) is 9.11. The average Bonchev–Trinajstić information content (AvgIpc) is 2.91. The molecule has 0 spiro atoms. The molecule has 0 aromatic heterocycles. The van der Waals surface area contributed by atoms with Crippen LogP contribution in [0.5, 0.6) is 28.7 Å². The topological polar surface area (TPSA) is 86.3 Å². The Morgan fingerprint density at radius 2 is 1.47 bits per heavy atom. The van der Waals surface area contributed by atoms with Crippen LogP contribution < -0.4 is 24.3 Å². The molecule has 0 aliphatic rings. The van der Waals surface area contributed by atoms with E-state index in [9.17, 15) is 23.1 Å². The van der Waals surface area contributed by atoms with Crippen molar-refractivity contribution in [1.82, 2.24) is 0 Å². The van der Waals surface area contributed by atoms with Gasteiger partial charge in [-0.25, -0.2) is 0 Å². The molecule has 38 heavy (non-hydrogen) atoms. The van der Waals surface area contributed by atoms with Gasteiger partial charge < -0.3 is 29.4 Å². The largest absolute Gasteiger partial charge is 0.504 e. The SMILES string of the molecule is COc1cc(NCCC(=O)c2ccc(C(F)(F)F)cc2)c(/C=C\c2cc(OC)c(OC)c(OC)c2)cc1O. The third-order valence-corrected chi connectivity index (χ3v) is 5.70. The lowest BCUT2D eigenvalue weighted by atomic mass is 10.1. The van der Waals surface area contributed by atoms with Crippen molar-refractivity contribution in [2.75, 3.05) is 40.3 Å². The number of anilines is 1. The number of carbonyl (C=O) groups excluding carboxylic acids is 1. The predicted octanol–water partition coefficient (Wildman–Crippen LogP) is 6.30. The number of rotatable bonds is 11. The normalized spacial score (nSPS) is 11.3. The van der Waals surface area contributed by atoms with Crippen LogP contribution in [0.25, 0.3) is 12.2 Å². The minimum atomic E-state index is -4.47. The van der Waals surface area contributed by atoms with Gasteiger partial charge in [-0.05, 0) is 35.9 Å². The van der Waals surface area contributed by atoms with Gasteiger partial charge in [0.05, 0.1) is 34.0 Å². The second-order valence-electron chi connectivity index (χ2n) is 8.08. The van der Waals surface area contributed by atoms with E-state index in [0.717, 1.165) is 17.7 Å². The van der Waals surface area contributed by atoms with Gasteiger partial charge in [0, 0.05) is 35.8 Å². The fourth-order valence-corrected chi connectivity index (χ4v) is 3.72. The molecule has 2 N–H and O–H groups in total. The molecule has 0 aliphatic carbocycles. The number of alkyl halides is 3. The Hall–Kier alpha value is -4.34. The van der Waals surface area contributed by atoms with E-state index < -0.39 is 11.7 Å². The van der Waals surface area contributed by atoms with Crippen LogP contribution in [-0.4, -0.2) is 45.9 Å². The van der Waals surface area contributed by atoms with Crippen molar-refractivity contribution in [2.24, 2.45) is 0 Å². The molecule has 202 valence electrons. The maximum absolute atomic E-state index is 12.8. The van der Waals surface area contributed by atoms with Gasteiger partial charge in [0.15, 0.2) is 28.8 Å². The highest BCUT2D eigenvalue weighted by molar-refractivity contribution is 5.96. The standard InChI is InChI=1S/C28H28F3NO6/c1-35-24-16-21(32-12-11-22(33)18-7-9-20(10-8-18)28(29,30)31)19(15-23(24)34)6-5-17-13-25(36-2)27(38-4)26(14-17)37-3/h5-10,13-16,32,34H,11-12H2,1-4H3/b6-5-. The second kappa shape index (κ2) is 12.3. The summed E-state index contributed by atoms with van der Waals surface area (Å²) in [6.07, 6.45) is -0.901. The number of ether oxygens (including phenoxy) is 4. The van der Waals surface area contributed by atoms with Crippen molar-refractivity contribution in [1.29, 1.82) is 0 Å².